The molecule has 0 saturated heterocycles. The molecule has 2 fully saturated rings. The summed E-state index contributed by atoms with van der Waals surface area (Å²) in [5, 5.41) is 4.67. The minimum Gasteiger partial charge on any atom is -0.269 e. The molecule has 0 atom stereocenters. The van der Waals surface area contributed by atoms with Crippen molar-refractivity contribution in [3.05, 3.63) is 18.0 Å². The summed E-state index contributed by atoms with van der Waals surface area (Å²) in [4.78, 5) is 0. The monoisotopic (exact) mass is 176 g/mol. The van der Waals surface area contributed by atoms with Crippen molar-refractivity contribution in [3.63, 3.8) is 0 Å². The molecule has 1 heterocycles. The summed E-state index contributed by atoms with van der Waals surface area (Å²) in [6.45, 7) is 0. The highest BCUT2D eigenvalue weighted by atomic mass is 15.3. The molecule has 2 aliphatic rings. The van der Waals surface area contributed by atoms with Gasteiger partial charge in [-0.1, -0.05) is 12.8 Å². The fraction of sp³-hybridized carbons (Fsp3) is 0.727. The molecule has 1 aromatic rings. The summed E-state index contributed by atoms with van der Waals surface area (Å²) in [5.74, 6) is 0.808. The smallest absolute Gasteiger partial charge is 0.0655 e. The quantitative estimate of drug-likeness (QED) is 0.677. The average Bonchev–Trinajstić information content (AvgIpc) is 2.72. The van der Waals surface area contributed by atoms with E-state index in [9.17, 15) is 0 Å². The number of hydrogen-bond donors (Lipinski definition) is 0. The molecule has 0 radical (unpaired) electrons. The van der Waals surface area contributed by atoms with Gasteiger partial charge in [0, 0.05) is 12.1 Å². The molecule has 0 bridgehead atoms. The molecule has 70 valence electrons. The summed E-state index contributed by atoms with van der Waals surface area (Å²) >= 11 is 0. The summed E-state index contributed by atoms with van der Waals surface area (Å²) in [7, 11) is 0. The third kappa shape index (κ3) is 1.38. The number of aromatic nitrogens is 2. The van der Waals surface area contributed by atoms with Gasteiger partial charge in [-0.2, -0.15) is 5.10 Å². The van der Waals surface area contributed by atoms with E-state index in [0.717, 1.165) is 5.92 Å². The van der Waals surface area contributed by atoms with Crippen LogP contribution in [-0.2, 0) is 0 Å². The molecular formula is C11H16N2. The van der Waals surface area contributed by atoms with E-state index in [1.807, 2.05) is 0 Å². The van der Waals surface area contributed by atoms with Crippen LogP contribution in [0.5, 0.6) is 0 Å². The lowest BCUT2D eigenvalue weighted by molar-refractivity contribution is 0.463. The van der Waals surface area contributed by atoms with E-state index >= 15 is 0 Å². The van der Waals surface area contributed by atoms with Crippen LogP contribution in [-0.4, -0.2) is 9.78 Å². The van der Waals surface area contributed by atoms with Gasteiger partial charge in [0.1, 0.15) is 0 Å². The van der Waals surface area contributed by atoms with Crippen LogP contribution in [0.3, 0.4) is 0 Å². The van der Waals surface area contributed by atoms with Gasteiger partial charge < -0.3 is 0 Å². The Labute approximate surface area is 78.9 Å². The predicted molar refractivity (Wildman–Crippen MR) is 51.7 cm³/mol. The van der Waals surface area contributed by atoms with Crippen LogP contribution in [0.1, 0.15) is 56.2 Å². The van der Waals surface area contributed by atoms with Crippen LogP contribution in [0, 0.1) is 0 Å². The van der Waals surface area contributed by atoms with Gasteiger partial charge in [-0.05, 0) is 31.7 Å². The minimum absolute atomic E-state index is 0.715. The van der Waals surface area contributed by atoms with E-state index in [1.165, 1.54) is 44.2 Å². The predicted octanol–water partition coefficient (Wildman–Crippen LogP) is 2.88. The van der Waals surface area contributed by atoms with Crippen molar-refractivity contribution in [2.45, 2.75) is 50.5 Å². The van der Waals surface area contributed by atoms with E-state index in [2.05, 4.69) is 22.0 Å². The van der Waals surface area contributed by atoms with Crippen LogP contribution < -0.4 is 0 Å². The molecule has 0 aromatic carbocycles. The van der Waals surface area contributed by atoms with Gasteiger partial charge in [-0.15, -0.1) is 0 Å². The highest BCUT2D eigenvalue weighted by molar-refractivity contribution is 5.12. The number of hydrogen-bond acceptors (Lipinski definition) is 1. The highest BCUT2D eigenvalue weighted by Gasteiger charge is 2.27. The Bertz CT molecular complexity index is 293. The highest BCUT2D eigenvalue weighted by Crippen LogP contribution is 2.39. The second-order valence-electron chi connectivity index (χ2n) is 4.43. The van der Waals surface area contributed by atoms with Gasteiger partial charge >= 0.3 is 0 Å². The van der Waals surface area contributed by atoms with E-state index in [1.54, 1.807) is 0 Å². The van der Waals surface area contributed by atoms with E-state index in [4.69, 9.17) is 0 Å². The zero-order chi connectivity index (χ0) is 8.67. The molecule has 0 unspecified atom stereocenters. The van der Waals surface area contributed by atoms with Crippen LogP contribution in [0.25, 0.3) is 0 Å². The largest absolute Gasteiger partial charge is 0.269 e. The van der Waals surface area contributed by atoms with Crippen LogP contribution in [0.15, 0.2) is 12.3 Å². The first kappa shape index (κ1) is 7.60. The number of rotatable bonds is 2. The third-order valence-corrected chi connectivity index (χ3v) is 3.32. The number of nitrogens with zero attached hydrogens (tertiary/aromatic N) is 2. The molecule has 3 rings (SSSR count). The first-order valence-corrected chi connectivity index (χ1v) is 5.48. The first-order valence-electron chi connectivity index (χ1n) is 5.48. The fourth-order valence-electron chi connectivity index (χ4n) is 2.32. The van der Waals surface area contributed by atoms with Crippen LogP contribution in [0.4, 0.5) is 0 Å². The summed E-state index contributed by atoms with van der Waals surface area (Å²) in [6.07, 6.45) is 10.4. The first-order chi connectivity index (χ1) is 6.43. The van der Waals surface area contributed by atoms with Crippen molar-refractivity contribution in [1.82, 2.24) is 9.78 Å². The maximum absolute atomic E-state index is 4.67. The van der Waals surface area contributed by atoms with Gasteiger partial charge in [0.25, 0.3) is 0 Å². The van der Waals surface area contributed by atoms with Gasteiger partial charge in [-0.25, -0.2) is 0 Å². The molecule has 2 heteroatoms. The maximum atomic E-state index is 4.67. The van der Waals surface area contributed by atoms with E-state index in [0.29, 0.717) is 6.04 Å². The summed E-state index contributed by atoms with van der Waals surface area (Å²) in [6, 6.07) is 2.93. The lowest BCUT2D eigenvalue weighted by atomic mass is 10.3. The Morgan fingerprint density at radius 1 is 1.15 bits per heavy atom. The van der Waals surface area contributed by atoms with Crippen molar-refractivity contribution in [1.29, 1.82) is 0 Å². The molecule has 2 saturated carbocycles. The van der Waals surface area contributed by atoms with Gasteiger partial charge in [0.15, 0.2) is 0 Å². The Morgan fingerprint density at radius 2 is 1.92 bits per heavy atom. The molecule has 0 spiro atoms. The van der Waals surface area contributed by atoms with Crippen molar-refractivity contribution in [2.24, 2.45) is 0 Å². The van der Waals surface area contributed by atoms with Crippen molar-refractivity contribution >= 4 is 0 Å². The second-order valence-corrected chi connectivity index (χ2v) is 4.43. The lowest BCUT2D eigenvalue weighted by Gasteiger charge is -2.08. The zero-order valence-corrected chi connectivity index (χ0v) is 7.95. The zero-order valence-electron chi connectivity index (χ0n) is 7.95. The molecule has 1 aromatic heterocycles. The van der Waals surface area contributed by atoms with Gasteiger partial charge in [0.05, 0.1) is 11.7 Å². The Morgan fingerprint density at radius 3 is 2.62 bits per heavy atom. The molecule has 0 N–H and O–H groups in total. The molecule has 0 aliphatic heterocycles. The average molecular weight is 176 g/mol. The van der Waals surface area contributed by atoms with Gasteiger partial charge in [0.2, 0.25) is 0 Å². The third-order valence-electron chi connectivity index (χ3n) is 3.32. The standard InChI is InChI=1S/C11H16N2/c1-2-4-10(3-1)13-8-7-11(12-13)9-5-6-9/h7-10H,1-6H2. The molecule has 2 nitrogen and oxygen atoms in total. The molecule has 13 heavy (non-hydrogen) atoms. The van der Waals surface area contributed by atoms with E-state index < -0.39 is 0 Å². The van der Waals surface area contributed by atoms with Crippen molar-refractivity contribution in [2.75, 3.05) is 0 Å². The van der Waals surface area contributed by atoms with Crippen molar-refractivity contribution in [3.8, 4) is 0 Å². The molecule has 0 amide bonds. The van der Waals surface area contributed by atoms with Crippen LogP contribution in [0.2, 0.25) is 0 Å². The summed E-state index contributed by atoms with van der Waals surface area (Å²) < 4.78 is 2.21. The lowest BCUT2D eigenvalue weighted by Crippen LogP contribution is -2.05. The topological polar surface area (TPSA) is 17.8 Å². The Kier molecular flexibility index (Phi) is 1.67. The van der Waals surface area contributed by atoms with E-state index in [-0.39, 0.29) is 0 Å². The maximum Gasteiger partial charge on any atom is 0.0655 e. The van der Waals surface area contributed by atoms with Gasteiger partial charge in [-0.3, -0.25) is 4.68 Å². The minimum atomic E-state index is 0.715. The Balaban J connectivity index is 1.79. The van der Waals surface area contributed by atoms with Crippen molar-refractivity contribution < 1.29 is 0 Å². The summed E-state index contributed by atoms with van der Waals surface area (Å²) in [5.41, 5.74) is 1.34. The molecular weight excluding hydrogens is 160 g/mol. The SMILES string of the molecule is c1cn(C2CCCC2)nc1C1CC1. The Hall–Kier alpha value is -0.790. The molecule has 2 aliphatic carbocycles. The second kappa shape index (κ2) is 2.86. The fourth-order valence-corrected chi connectivity index (χ4v) is 2.32. The normalized spacial score (nSPS) is 24.0. The van der Waals surface area contributed by atoms with Crippen LogP contribution >= 0.6 is 0 Å².